The van der Waals surface area contributed by atoms with E-state index in [-0.39, 0.29) is 12.6 Å². The van der Waals surface area contributed by atoms with Crippen molar-refractivity contribution in [1.82, 2.24) is 10.6 Å². The summed E-state index contributed by atoms with van der Waals surface area (Å²) in [7, 11) is 3.13. The number of allylic oxidation sites excluding steroid dienone is 1. The predicted molar refractivity (Wildman–Crippen MR) is 103 cm³/mol. The lowest BCUT2D eigenvalue weighted by molar-refractivity contribution is -0.140. The second-order valence-electron chi connectivity index (χ2n) is 6.24. The number of hydrogen-bond donors (Lipinski definition) is 2. The summed E-state index contributed by atoms with van der Waals surface area (Å²) in [6.45, 7) is 1.78. The quantitative estimate of drug-likeness (QED) is 0.750. The number of methoxy groups -OCH3 is 2. The fraction of sp³-hybridized carbons (Fsp3) is 0.238. The van der Waals surface area contributed by atoms with Crippen LogP contribution in [0.15, 0.2) is 59.8 Å². The Balaban J connectivity index is 1.84. The predicted octanol–water partition coefficient (Wildman–Crippen LogP) is 3.08. The molecule has 2 aromatic carbocycles. The first-order valence-corrected chi connectivity index (χ1v) is 8.74. The van der Waals surface area contributed by atoms with Crippen molar-refractivity contribution in [2.24, 2.45) is 0 Å². The number of carbonyl (C=O) groups excluding carboxylic acids is 2. The summed E-state index contributed by atoms with van der Waals surface area (Å²) in [6, 6.07) is 13.4. The number of rotatable bonds is 6. The topological polar surface area (TPSA) is 85.9 Å². The number of amides is 2. The Labute approximate surface area is 163 Å². The molecular weight excluding hydrogens is 360 g/mol. The summed E-state index contributed by atoms with van der Waals surface area (Å²) in [5.41, 5.74) is 2.28. The van der Waals surface area contributed by atoms with Crippen molar-refractivity contribution in [3.8, 4) is 11.5 Å². The molecule has 0 radical (unpaired) electrons. The summed E-state index contributed by atoms with van der Waals surface area (Å²) in [5, 5.41) is 5.41. The molecule has 1 atom stereocenters. The monoisotopic (exact) mass is 382 g/mol. The van der Waals surface area contributed by atoms with Crippen molar-refractivity contribution in [3.63, 3.8) is 0 Å². The molecule has 0 saturated carbocycles. The molecule has 2 aromatic rings. The average molecular weight is 382 g/mol. The second-order valence-corrected chi connectivity index (χ2v) is 6.24. The molecule has 7 heteroatoms. The Morgan fingerprint density at radius 3 is 2.43 bits per heavy atom. The van der Waals surface area contributed by atoms with Crippen LogP contribution in [0.1, 0.15) is 24.1 Å². The van der Waals surface area contributed by atoms with Gasteiger partial charge in [0.25, 0.3) is 0 Å². The van der Waals surface area contributed by atoms with Crippen LogP contribution in [-0.4, -0.2) is 26.2 Å². The van der Waals surface area contributed by atoms with Crippen LogP contribution in [-0.2, 0) is 16.1 Å². The van der Waals surface area contributed by atoms with Crippen molar-refractivity contribution < 1.29 is 23.8 Å². The van der Waals surface area contributed by atoms with E-state index in [2.05, 4.69) is 10.6 Å². The van der Waals surface area contributed by atoms with Crippen molar-refractivity contribution in [1.29, 1.82) is 0 Å². The van der Waals surface area contributed by atoms with Gasteiger partial charge >= 0.3 is 12.0 Å². The molecule has 0 saturated heterocycles. The highest BCUT2D eigenvalue weighted by molar-refractivity contribution is 5.95. The second kappa shape index (κ2) is 8.47. The van der Waals surface area contributed by atoms with Crippen LogP contribution in [0, 0.1) is 0 Å². The van der Waals surface area contributed by atoms with Crippen LogP contribution >= 0.6 is 0 Å². The van der Waals surface area contributed by atoms with Gasteiger partial charge in [0.1, 0.15) is 18.1 Å². The Hall–Kier alpha value is -3.48. The van der Waals surface area contributed by atoms with E-state index >= 15 is 0 Å². The van der Waals surface area contributed by atoms with Gasteiger partial charge in [-0.25, -0.2) is 9.59 Å². The highest BCUT2D eigenvalue weighted by Crippen LogP contribution is 2.33. The summed E-state index contributed by atoms with van der Waals surface area (Å²) >= 11 is 0. The molecule has 0 fully saturated rings. The number of esters is 1. The van der Waals surface area contributed by atoms with Gasteiger partial charge in [0.2, 0.25) is 0 Å². The fourth-order valence-electron chi connectivity index (χ4n) is 3.05. The Morgan fingerprint density at radius 1 is 1.04 bits per heavy atom. The van der Waals surface area contributed by atoms with E-state index in [1.165, 1.54) is 0 Å². The standard InChI is InChI=1S/C21H22N2O5/c1-13-18(20(24)28-12-14-8-10-15(26-2)11-9-14)19(23-21(25)22-13)16-6-4-5-7-17(16)27-3/h4-11,19H,12H2,1-3H3,(H2,22,23,25). The molecule has 2 amide bonds. The van der Waals surface area contributed by atoms with E-state index in [1.54, 1.807) is 45.4 Å². The molecule has 0 aliphatic carbocycles. The van der Waals surface area contributed by atoms with Gasteiger partial charge in [0.15, 0.2) is 0 Å². The molecule has 3 rings (SSSR count). The first kappa shape index (κ1) is 19.3. The van der Waals surface area contributed by atoms with E-state index < -0.39 is 12.0 Å². The van der Waals surface area contributed by atoms with E-state index in [1.807, 2.05) is 24.3 Å². The van der Waals surface area contributed by atoms with Crippen LogP contribution < -0.4 is 20.1 Å². The lowest BCUT2D eigenvalue weighted by Crippen LogP contribution is -2.45. The Morgan fingerprint density at radius 2 is 1.75 bits per heavy atom. The summed E-state index contributed by atoms with van der Waals surface area (Å²) in [4.78, 5) is 24.9. The molecule has 28 heavy (non-hydrogen) atoms. The third-order valence-electron chi connectivity index (χ3n) is 4.47. The molecule has 2 N–H and O–H groups in total. The Bertz CT molecular complexity index is 905. The minimum absolute atomic E-state index is 0.103. The zero-order valence-corrected chi connectivity index (χ0v) is 15.9. The summed E-state index contributed by atoms with van der Waals surface area (Å²) in [5.74, 6) is 0.781. The molecular formula is C21H22N2O5. The highest BCUT2D eigenvalue weighted by Gasteiger charge is 2.33. The van der Waals surface area contributed by atoms with Crippen LogP contribution in [0.2, 0.25) is 0 Å². The number of para-hydroxylation sites is 1. The zero-order chi connectivity index (χ0) is 20.1. The molecule has 0 aromatic heterocycles. The van der Waals surface area contributed by atoms with E-state index in [0.717, 1.165) is 11.3 Å². The maximum absolute atomic E-state index is 12.9. The van der Waals surface area contributed by atoms with E-state index in [9.17, 15) is 9.59 Å². The van der Waals surface area contributed by atoms with Crippen molar-refractivity contribution in [2.45, 2.75) is 19.6 Å². The van der Waals surface area contributed by atoms with Gasteiger partial charge in [-0.1, -0.05) is 30.3 Å². The molecule has 0 spiro atoms. The molecule has 1 unspecified atom stereocenters. The van der Waals surface area contributed by atoms with Crippen LogP contribution in [0.25, 0.3) is 0 Å². The lowest BCUT2D eigenvalue weighted by Gasteiger charge is -2.29. The zero-order valence-electron chi connectivity index (χ0n) is 15.9. The third-order valence-corrected chi connectivity index (χ3v) is 4.47. The number of ether oxygens (including phenoxy) is 3. The molecule has 7 nitrogen and oxygen atoms in total. The van der Waals surface area contributed by atoms with Crippen LogP contribution in [0.5, 0.6) is 11.5 Å². The molecule has 1 aliphatic heterocycles. The number of urea groups is 1. The van der Waals surface area contributed by atoms with Crippen molar-refractivity contribution >= 4 is 12.0 Å². The van der Waals surface area contributed by atoms with Crippen LogP contribution in [0.4, 0.5) is 4.79 Å². The average Bonchev–Trinajstić information content (AvgIpc) is 2.71. The normalized spacial score (nSPS) is 16.1. The molecule has 1 aliphatic rings. The number of benzene rings is 2. The van der Waals surface area contributed by atoms with Gasteiger partial charge in [-0.2, -0.15) is 0 Å². The smallest absolute Gasteiger partial charge is 0.338 e. The number of hydrogen-bond acceptors (Lipinski definition) is 5. The van der Waals surface area contributed by atoms with Crippen molar-refractivity contribution in [3.05, 3.63) is 70.9 Å². The lowest BCUT2D eigenvalue weighted by atomic mass is 9.95. The van der Waals surface area contributed by atoms with Gasteiger partial charge in [-0.05, 0) is 30.7 Å². The minimum Gasteiger partial charge on any atom is -0.497 e. The van der Waals surface area contributed by atoms with Gasteiger partial charge in [0, 0.05) is 11.3 Å². The van der Waals surface area contributed by atoms with Crippen LogP contribution in [0.3, 0.4) is 0 Å². The van der Waals surface area contributed by atoms with Gasteiger partial charge in [-0.15, -0.1) is 0 Å². The summed E-state index contributed by atoms with van der Waals surface area (Å²) in [6.07, 6.45) is 0. The Kier molecular flexibility index (Phi) is 5.84. The largest absolute Gasteiger partial charge is 0.497 e. The number of nitrogens with one attached hydrogen (secondary N) is 2. The SMILES string of the molecule is COc1ccc(COC(=O)C2=C(C)NC(=O)NC2c2ccccc2OC)cc1. The third kappa shape index (κ3) is 4.09. The molecule has 146 valence electrons. The summed E-state index contributed by atoms with van der Waals surface area (Å²) < 4.78 is 16.0. The first-order valence-electron chi connectivity index (χ1n) is 8.74. The van der Waals surface area contributed by atoms with Gasteiger partial charge in [-0.3, -0.25) is 0 Å². The highest BCUT2D eigenvalue weighted by atomic mass is 16.5. The van der Waals surface area contributed by atoms with Gasteiger partial charge < -0.3 is 24.8 Å². The maximum atomic E-state index is 12.9. The fourth-order valence-corrected chi connectivity index (χ4v) is 3.05. The van der Waals surface area contributed by atoms with E-state index in [4.69, 9.17) is 14.2 Å². The van der Waals surface area contributed by atoms with Crippen molar-refractivity contribution in [2.75, 3.05) is 14.2 Å². The van der Waals surface area contributed by atoms with E-state index in [0.29, 0.717) is 22.6 Å². The number of carbonyl (C=O) groups is 2. The minimum atomic E-state index is -0.673. The molecule has 1 heterocycles. The first-order chi connectivity index (χ1) is 13.5. The van der Waals surface area contributed by atoms with Gasteiger partial charge in [0.05, 0.1) is 25.8 Å². The molecule has 0 bridgehead atoms. The maximum Gasteiger partial charge on any atom is 0.338 e.